The zero-order valence-corrected chi connectivity index (χ0v) is 19.0. The van der Waals surface area contributed by atoms with E-state index in [0.717, 1.165) is 21.5 Å². The van der Waals surface area contributed by atoms with E-state index >= 15 is 0 Å². The summed E-state index contributed by atoms with van der Waals surface area (Å²) in [5.41, 5.74) is 1.99. The molecule has 0 saturated carbocycles. The summed E-state index contributed by atoms with van der Waals surface area (Å²) >= 11 is 3.42. The van der Waals surface area contributed by atoms with E-state index < -0.39 is 6.04 Å². The quantitative estimate of drug-likeness (QED) is 0.382. The fourth-order valence-corrected chi connectivity index (χ4v) is 4.43. The van der Waals surface area contributed by atoms with Gasteiger partial charge < -0.3 is 9.15 Å². The topological polar surface area (TPSA) is 72.6 Å². The van der Waals surface area contributed by atoms with Crippen LogP contribution in [0, 0.1) is 6.92 Å². The molecule has 7 heteroatoms. The fraction of sp³-hybridized carbons (Fsp3) is 0.160. The molecule has 5 rings (SSSR count). The van der Waals surface area contributed by atoms with Gasteiger partial charge in [-0.3, -0.25) is 14.5 Å². The average molecular weight is 491 g/mol. The standard InChI is InChI=1S/C25H19BrN2O4/c1-3-31-17-10-7-15(8-11-17)22-21-23(29)18-13-16(26)9-12-19(18)32-24(21)25(30)28(22)20-6-4-5-14(2)27-20/h4-13,22H,3H2,1-2H3. The second kappa shape index (κ2) is 7.91. The van der Waals surface area contributed by atoms with Gasteiger partial charge in [0.05, 0.1) is 23.6 Å². The number of carbonyl (C=O) groups excluding carboxylic acids is 1. The summed E-state index contributed by atoms with van der Waals surface area (Å²) in [7, 11) is 0. The Kier molecular flexibility index (Phi) is 5.06. The Morgan fingerprint density at radius 1 is 1.09 bits per heavy atom. The van der Waals surface area contributed by atoms with Crippen LogP contribution in [0.3, 0.4) is 0 Å². The van der Waals surface area contributed by atoms with E-state index in [1.165, 1.54) is 4.90 Å². The molecule has 0 spiro atoms. The van der Waals surface area contributed by atoms with Gasteiger partial charge in [0.2, 0.25) is 5.76 Å². The van der Waals surface area contributed by atoms with E-state index in [-0.39, 0.29) is 17.1 Å². The molecule has 2 aromatic heterocycles. The second-order valence-corrected chi connectivity index (χ2v) is 8.45. The van der Waals surface area contributed by atoms with Crippen molar-refractivity contribution in [1.29, 1.82) is 0 Å². The highest BCUT2D eigenvalue weighted by Crippen LogP contribution is 2.41. The molecular weight excluding hydrogens is 472 g/mol. The summed E-state index contributed by atoms with van der Waals surface area (Å²) in [5, 5.41) is 0.418. The van der Waals surface area contributed by atoms with E-state index in [1.54, 1.807) is 24.3 Å². The molecule has 1 unspecified atom stereocenters. The first kappa shape index (κ1) is 20.5. The Labute approximate surface area is 192 Å². The van der Waals surface area contributed by atoms with Gasteiger partial charge >= 0.3 is 0 Å². The second-order valence-electron chi connectivity index (χ2n) is 7.53. The molecule has 0 fully saturated rings. The molecule has 0 aliphatic carbocycles. The van der Waals surface area contributed by atoms with E-state index in [2.05, 4.69) is 20.9 Å². The Morgan fingerprint density at radius 2 is 1.88 bits per heavy atom. The Balaban J connectivity index is 1.77. The molecule has 0 radical (unpaired) electrons. The van der Waals surface area contributed by atoms with Gasteiger partial charge in [-0.05, 0) is 61.9 Å². The lowest BCUT2D eigenvalue weighted by atomic mass is 9.98. The predicted octanol–water partition coefficient (Wildman–Crippen LogP) is 5.41. The number of carbonyl (C=O) groups is 1. The van der Waals surface area contributed by atoms with Crippen LogP contribution in [-0.2, 0) is 0 Å². The zero-order valence-electron chi connectivity index (χ0n) is 17.5. The van der Waals surface area contributed by atoms with Gasteiger partial charge in [0.25, 0.3) is 5.91 Å². The van der Waals surface area contributed by atoms with E-state index in [4.69, 9.17) is 9.15 Å². The maximum atomic E-state index is 13.6. The third-order valence-electron chi connectivity index (χ3n) is 5.46. The van der Waals surface area contributed by atoms with Crippen molar-refractivity contribution in [3.63, 3.8) is 0 Å². The number of aryl methyl sites for hydroxylation is 1. The van der Waals surface area contributed by atoms with Gasteiger partial charge in [-0.1, -0.05) is 34.1 Å². The highest BCUT2D eigenvalue weighted by Gasteiger charge is 2.44. The smallest absolute Gasteiger partial charge is 0.296 e. The fourth-order valence-electron chi connectivity index (χ4n) is 4.07. The van der Waals surface area contributed by atoms with Crippen LogP contribution in [0.25, 0.3) is 11.0 Å². The van der Waals surface area contributed by atoms with E-state index in [0.29, 0.717) is 29.0 Å². The van der Waals surface area contributed by atoms with Crippen molar-refractivity contribution in [3.05, 3.63) is 97.9 Å². The summed E-state index contributed by atoms with van der Waals surface area (Å²) in [6, 6.07) is 17.4. The van der Waals surface area contributed by atoms with Crippen LogP contribution in [0.5, 0.6) is 5.75 Å². The first-order valence-electron chi connectivity index (χ1n) is 10.2. The zero-order chi connectivity index (χ0) is 22.4. The van der Waals surface area contributed by atoms with Crippen LogP contribution in [0.2, 0.25) is 0 Å². The van der Waals surface area contributed by atoms with E-state index in [9.17, 15) is 9.59 Å². The summed E-state index contributed by atoms with van der Waals surface area (Å²) in [5.74, 6) is 0.839. The number of amides is 1. The van der Waals surface area contributed by atoms with Gasteiger partial charge in [0.1, 0.15) is 17.2 Å². The van der Waals surface area contributed by atoms with Crippen molar-refractivity contribution in [1.82, 2.24) is 4.98 Å². The van der Waals surface area contributed by atoms with Crippen LogP contribution >= 0.6 is 15.9 Å². The van der Waals surface area contributed by atoms with Crippen molar-refractivity contribution >= 4 is 38.6 Å². The molecule has 1 aliphatic rings. The molecule has 0 saturated heterocycles. The third-order valence-corrected chi connectivity index (χ3v) is 5.95. The maximum absolute atomic E-state index is 13.6. The molecular formula is C25H19BrN2O4. The predicted molar refractivity (Wildman–Crippen MR) is 125 cm³/mol. The normalized spacial score (nSPS) is 15.3. The van der Waals surface area contributed by atoms with Gasteiger partial charge in [-0.25, -0.2) is 4.98 Å². The first-order chi connectivity index (χ1) is 15.5. The number of benzene rings is 2. The highest BCUT2D eigenvalue weighted by atomic mass is 79.9. The number of ether oxygens (including phenoxy) is 1. The monoisotopic (exact) mass is 490 g/mol. The Morgan fingerprint density at radius 3 is 2.59 bits per heavy atom. The average Bonchev–Trinajstić information content (AvgIpc) is 3.08. The molecule has 32 heavy (non-hydrogen) atoms. The highest BCUT2D eigenvalue weighted by molar-refractivity contribution is 9.10. The summed E-state index contributed by atoms with van der Waals surface area (Å²) < 4.78 is 12.3. The number of pyridine rings is 1. The van der Waals surface area contributed by atoms with Gasteiger partial charge in [0.15, 0.2) is 5.43 Å². The minimum absolute atomic E-state index is 0.0482. The molecule has 3 heterocycles. The van der Waals surface area contributed by atoms with Crippen molar-refractivity contribution in [3.8, 4) is 5.75 Å². The van der Waals surface area contributed by atoms with E-state index in [1.807, 2.05) is 50.2 Å². The lowest BCUT2D eigenvalue weighted by molar-refractivity contribution is 0.0970. The molecule has 1 amide bonds. The number of nitrogens with zero attached hydrogens (tertiary/aromatic N) is 2. The Bertz CT molecular complexity index is 1410. The summed E-state index contributed by atoms with van der Waals surface area (Å²) in [6.45, 7) is 4.32. The number of rotatable bonds is 4. The molecule has 0 N–H and O–H groups in total. The number of fused-ring (bicyclic) bond motifs is 2. The molecule has 1 aliphatic heterocycles. The van der Waals surface area contributed by atoms with Crippen LogP contribution in [-0.4, -0.2) is 17.5 Å². The number of hydrogen-bond acceptors (Lipinski definition) is 5. The minimum Gasteiger partial charge on any atom is -0.494 e. The summed E-state index contributed by atoms with van der Waals surface area (Å²) in [6.07, 6.45) is 0. The third kappa shape index (κ3) is 3.29. The SMILES string of the molecule is CCOc1ccc(C2c3c(oc4ccc(Br)cc4c3=O)C(=O)N2c2cccc(C)n2)cc1. The van der Waals surface area contributed by atoms with Crippen LogP contribution in [0.15, 0.2) is 74.3 Å². The summed E-state index contributed by atoms with van der Waals surface area (Å²) in [4.78, 5) is 33.2. The molecule has 0 bridgehead atoms. The molecule has 6 nitrogen and oxygen atoms in total. The largest absolute Gasteiger partial charge is 0.494 e. The van der Waals surface area contributed by atoms with Crippen LogP contribution < -0.4 is 15.1 Å². The molecule has 1 atom stereocenters. The number of halogens is 1. The Hall–Kier alpha value is -3.45. The van der Waals surface area contributed by atoms with Gasteiger partial charge in [-0.15, -0.1) is 0 Å². The van der Waals surface area contributed by atoms with Crippen molar-refractivity contribution in [2.45, 2.75) is 19.9 Å². The lowest BCUT2D eigenvalue weighted by Gasteiger charge is -2.24. The van der Waals surface area contributed by atoms with Gasteiger partial charge in [-0.2, -0.15) is 0 Å². The number of aromatic nitrogens is 1. The van der Waals surface area contributed by atoms with Crippen LogP contribution in [0.1, 0.15) is 40.3 Å². The first-order valence-corrected chi connectivity index (χ1v) is 11.0. The lowest BCUT2D eigenvalue weighted by Crippen LogP contribution is -2.30. The molecule has 2 aromatic carbocycles. The minimum atomic E-state index is -0.665. The molecule has 4 aromatic rings. The molecule has 160 valence electrons. The maximum Gasteiger partial charge on any atom is 0.296 e. The van der Waals surface area contributed by atoms with Crippen molar-refractivity contribution in [2.24, 2.45) is 0 Å². The number of anilines is 1. The van der Waals surface area contributed by atoms with Crippen molar-refractivity contribution < 1.29 is 13.9 Å². The number of hydrogen-bond donors (Lipinski definition) is 0. The van der Waals surface area contributed by atoms with Crippen molar-refractivity contribution in [2.75, 3.05) is 11.5 Å². The van der Waals surface area contributed by atoms with Crippen LogP contribution in [0.4, 0.5) is 5.82 Å². The van der Waals surface area contributed by atoms with Gasteiger partial charge in [0, 0.05) is 10.2 Å².